The quantitative estimate of drug-likeness (QED) is 0.859. The fourth-order valence-corrected chi connectivity index (χ4v) is 2.85. The molecule has 1 aromatic heterocycles. The van der Waals surface area contributed by atoms with Crippen LogP contribution in [0.4, 0.5) is 4.39 Å². The number of nitrogens with zero attached hydrogens (tertiary/aromatic N) is 3. The Morgan fingerprint density at radius 2 is 1.92 bits per heavy atom. The predicted molar refractivity (Wildman–Crippen MR) is 96.8 cm³/mol. The molecular formula is C20H22FN3O. The minimum Gasteiger partial charge on any atom is -0.335 e. The van der Waals surface area contributed by atoms with Gasteiger partial charge in [0.05, 0.1) is 6.20 Å². The van der Waals surface area contributed by atoms with Gasteiger partial charge in [0.2, 0.25) is 0 Å². The lowest BCUT2D eigenvalue weighted by molar-refractivity contribution is 0.0644. The molecule has 25 heavy (non-hydrogen) atoms. The number of halogens is 1. The molecule has 0 spiro atoms. The third-order valence-electron chi connectivity index (χ3n) is 4.40. The van der Waals surface area contributed by atoms with Crippen LogP contribution in [0.25, 0.3) is 6.08 Å². The summed E-state index contributed by atoms with van der Waals surface area (Å²) in [6.45, 7) is 5.48. The van der Waals surface area contributed by atoms with Gasteiger partial charge in [0.1, 0.15) is 11.5 Å². The lowest BCUT2D eigenvalue weighted by Crippen LogP contribution is -2.48. The number of aromatic nitrogens is 1. The molecule has 0 saturated carbocycles. The monoisotopic (exact) mass is 339 g/mol. The molecule has 130 valence electrons. The average Bonchev–Trinajstić information content (AvgIpc) is 2.65. The van der Waals surface area contributed by atoms with Crippen molar-refractivity contribution in [2.75, 3.05) is 32.7 Å². The molecule has 1 aliphatic heterocycles. The zero-order valence-corrected chi connectivity index (χ0v) is 14.4. The number of benzene rings is 1. The summed E-state index contributed by atoms with van der Waals surface area (Å²) in [5.74, 6) is -0.505. The SMILES string of the molecule is Cc1cc(C(=O)N2CCN(C/C=C/c3ccccc3)CC2)ncc1F. The average molecular weight is 339 g/mol. The van der Waals surface area contributed by atoms with Crippen LogP contribution in [-0.4, -0.2) is 53.4 Å². The molecule has 1 saturated heterocycles. The first kappa shape index (κ1) is 17.3. The van der Waals surface area contributed by atoms with Gasteiger partial charge < -0.3 is 4.90 Å². The summed E-state index contributed by atoms with van der Waals surface area (Å²) in [7, 11) is 0. The summed E-state index contributed by atoms with van der Waals surface area (Å²) >= 11 is 0. The molecule has 0 N–H and O–H groups in total. The van der Waals surface area contributed by atoms with E-state index in [1.807, 2.05) is 18.2 Å². The Labute approximate surface area is 147 Å². The van der Waals surface area contributed by atoms with Gasteiger partial charge in [-0.2, -0.15) is 0 Å². The second-order valence-corrected chi connectivity index (χ2v) is 6.22. The molecule has 1 fully saturated rings. The van der Waals surface area contributed by atoms with Gasteiger partial charge in [-0.15, -0.1) is 0 Å². The Hall–Kier alpha value is -2.53. The van der Waals surface area contributed by atoms with Gasteiger partial charge in [0.25, 0.3) is 5.91 Å². The van der Waals surface area contributed by atoms with E-state index in [9.17, 15) is 9.18 Å². The Balaban J connectivity index is 1.50. The number of piperazine rings is 1. The highest BCUT2D eigenvalue weighted by Crippen LogP contribution is 2.11. The van der Waals surface area contributed by atoms with Crippen LogP contribution in [0.3, 0.4) is 0 Å². The van der Waals surface area contributed by atoms with Crippen molar-refractivity contribution in [2.24, 2.45) is 0 Å². The smallest absolute Gasteiger partial charge is 0.272 e. The summed E-state index contributed by atoms with van der Waals surface area (Å²) in [5, 5.41) is 0. The van der Waals surface area contributed by atoms with Crippen LogP contribution in [0, 0.1) is 12.7 Å². The number of aryl methyl sites for hydroxylation is 1. The van der Waals surface area contributed by atoms with Crippen LogP contribution in [0.2, 0.25) is 0 Å². The van der Waals surface area contributed by atoms with Gasteiger partial charge >= 0.3 is 0 Å². The second-order valence-electron chi connectivity index (χ2n) is 6.22. The molecule has 0 atom stereocenters. The van der Waals surface area contributed by atoms with Gasteiger partial charge in [0, 0.05) is 32.7 Å². The fraction of sp³-hybridized carbons (Fsp3) is 0.300. The minimum absolute atomic E-state index is 0.123. The van der Waals surface area contributed by atoms with E-state index in [2.05, 4.69) is 34.2 Å². The third kappa shape index (κ3) is 4.51. The van der Waals surface area contributed by atoms with Gasteiger partial charge in [-0.25, -0.2) is 9.37 Å². The van der Waals surface area contributed by atoms with E-state index >= 15 is 0 Å². The molecule has 1 aliphatic rings. The summed E-state index contributed by atoms with van der Waals surface area (Å²) in [6, 6.07) is 11.7. The number of pyridine rings is 1. The second kappa shape index (κ2) is 8.03. The van der Waals surface area contributed by atoms with Crippen LogP contribution < -0.4 is 0 Å². The Bertz CT molecular complexity index is 753. The third-order valence-corrected chi connectivity index (χ3v) is 4.40. The van der Waals surface area contributed by atoms with Crippen molar-refractivity contribution in [3.8, 4) is 0 Å². The fourth-order valence-electron chi connectivity index (χ4n) is 2.85. The number of carbonyl (C=O) groups excluding carboxylic acids is 1. The molecular weight excluding hydrogens is 317 g/mol. The van der Waals surface area contributed by atoms with Crippen molar-refractivity contribution in [3.05, 3.63) is 71.3 Å². The van der Waals surface area contributed by atoms with Crippen molar-refractivity contribution in [1.29, 1.82) is 0 Å². The molecule has 5 heteroatoms. The maximum Gasteiger partial charge on any atom is 0.272 e. The zero-order valence-electron chi connectivity index (χ0n) is 14.4. The van der Waals surface area contributed by atoms with Crippen LogP contribution in [0.1, 0.15) is 21.6 Å². The first-order chi connectivity index (χ1) is 12.1. The highest BCUT2D eigenvalue weighted by Gasteiger charge is 2.22. The molecule has 0 radical (unpaired) electrons. The van der Waals surface area contributed by atoms with Crippen molar-refractivity contribution < 1.29 is 9.18 Å². The van der Waals surface area contributed by atoms with Crippen LogP contribution >= 0.6 is 0 Å². The van der Waals surface area contributed by atoms with Gasteiger partial charge in [0.15, 0.2) is 0 Å². The topological polar surface area (TPSA) is 36.4 Å². The standard InChI is InChI=1S/C20H22FN3O/c1-16-14-19(22-15-18(16)21)20(25)24-12-10-23(11-13-24)9-5-8-17-6-3-2-4-7-17/h2-8,14-15H,9-13H2,1H3/b8-5+. The predicted octanol–water partition coefficient (Wildman–Crippen LogP) is 3.00. The molecule has 0 bridgehead atoms. The molecule has 2 aromatic rings. The summed E-state index contributed by atoms with van der Waals surface area (Å²) in [5.41, 5.74) is 1.95. The lowest BCUT2D eigenvalue weighted by atomic mass is 10.2. The lowest BCUT2D eigenvalue weighted by Gasteiger charge is -2.34. The highest BCUT2D eigenvalue weighted by atomic mass is 19.1. The van der Waals surface area contributed by atoms with E-state index in [1.54, 1.807) is 11.8 Å². The van der Waals surface area contributed by atoms with E-state index in [0.29, 0.717) is 24.3 Å². The Morgan fingerprint density at radius 1 is 1.20 bits per heavy atom. The zero-order chi connectivity index (χ0) is 17.6. The number of rotatable bonds is 4. The van der Waals surface area contributed by atoms with Gasteiger partial charge in [-0.1, -0.05) is 42.5 Å². The van der Waals surface area contributed by atoms with Crippen LogP contribution in [0.5, 0.6) is 0 Å². The first-order valence-corrected chi connectivity index (χ1v) is 8.49. The van der Waals surface area contributed by atoms with Crippen LogP contribution in [0.15, 0.2) is 48.7 Å². The molecule has 0 aliphatic carbocycles. The Kier molecular flexibility index (Phi) is 5.56. The summed E-state index contributed by atoms with van der Waals surface area (Å²) < 4.78 is 13.3. The van der Waals surface area contributed by atoms with Crippen molar-refractivity contribution in [2.45, 2.75) is 6.92 Å². The normalized spacial score (nSPS) is 15.7. The summed E-state index contributed by atoms with van der Waals surface area (Å²) in [6.07, 6.45) is 5.38. The van der Waals surface area contributed by atoms with Crippen molar-refractivity contribution in [3.63, 3.8) is 0 Å². The number of hydrogen-bond acceptors (Lipinski definition) is 3. The van der Waals surface area contributed by atoms with Crippen molar-refractivity contribution in [1.82, 2.24) is 14.8 Å². The molecule has 1 amide bonds. The van der Waals surface area contributed by atoms with Crippen molar-refractivity contribution >= 4 is 12.0 Å². The van der Waals surface area contributed by atoms with Crippen LogP contribution in [-0.2, 0) is 0 Å². The van der Waals surface area contributed by atoms with E-state index in [1.165, 1.54) is 11.6 Å². The van der Waals surface area contributed by atoms with E-state index in [-0.39, 0.29) is 11.7 Å². The molecule has 0 unspecified atom stereocenters. The number of carbonyl (C=O) groups is 1. The largest absolute Gasteiger partial charge is 0.335 e. The van der Waals surface area contributed by atoms with E-state index in [0.717, 1.165) is 25.8 Å². The maximum absolute atomic E-state index is 13.3. The highest BCUT2D eigenvalue weighted by molar-refractivity contribution is 5.92. The van der Waals surface area contributed by atoms with E-state index in [4.69, 9.17) is 0 Å². The summed E-state index contributed by atoms with van der Waals surface area (Å²) in [4.78, 5) is 20.5. The molecule has 2 heterocycles. The molecule has 4 nitrogen and oxygen atoms in total. The maximum atomic E-state index is 13.3. The minimum atomic E-state index is -0.383. The number of amides is 1. The van der Waals surface area contributed by atoms with Gasteiger partial charge in [-0.3, -0.25) is 9.69 Å². The first-order valence-electron chi connectivity index (χ1n) is 8.49. The van der Waals surface area contributed by atoms with Gasteiger partial charge in [-0.05, 0) is 24.1 Å². The molecule has 3 rings (SSSR count). The number of hydrogen-bond donors (Lipinski definition) is 0. The van der Waals surface area contributed by atoms with E-state index < -0.39 is 0 Å². The Morgan fingerprint density at radius 3 is 2.60 bits per heavy atom. The molecule has 1 aromatic carbocycles.